The summed E-state index contributed by atoms with van der Waals surface area (Å²) in [5, 5.41) is 5.29. The van der Waals surface area contributed by atoms with Crippen LogP contribution in [0.2, 0.25) is 10.0 Å². The zero-order valence-electron chi connectivity index (χ0n) is 12.4. The van der Waals surface area contributed by atoms with Crippen LogP contribution in [0, 0.1) is 5.92 Å². The number of sulfonamides is 1. The first-order valence-electron chi connectivity index (χ1n) is 7.32. The van der Waals surface area contributed by atoms with Crippen LogP contribution in [-0.2, 0) is 14.8 Å². The Hall–Kier alpha value is -1.35. The molecule has 2 atom stereocenters. The summed E-state index contributed by atoms with van der Waals surface area (Å²) < 4.78 is 27.3. The molecule has 1 spiro atoms. The van der Waals surface area contributed by atoms with Gasteiger partial charge in [-0.2, -0.15) is 0 Å². The molecule has 0 aromatic heterocycles. The molecule has 1 aliphatic heterocycles. The maximum absolute atomic E-state index is 12.4. The lowest BCUT2D eigenvalue weighted by Crippen LogP contribution is -2.53. The number of urea groups is 1. The number of carbonyl (C=O) groups excluding carboxylic acids is 2. The summed E-state index contributed by atoms with van der Waals surface area (Å²) in [6.45, 7) is 0.0279. The fraction of sp³-hybridized carbons (Fsp3) is 0.429. The summed E-state index contributed by atoms with van der Waals surface area (Å²) in [5.74, 6) is -0.728. The summed E-state index contributed by atoms with van der Waals surface area (Å²) in [4.78, 5) is 23.5. The topological polar surface area (TPSA) is 104 Å². The molecule has 0 radical (unpaired) electrons. The highest BCUT2D eigenvalue weighted by Crippen LogP contribution is 2.37. The molecule has 1 saturated heterocycles. The maximum Gasteiger partial charge on any atom is 0.322 e. The number of hydrogen-bond donors (Lipinski definition) is 3. The SMILES string of the molecule is O=C1NC(=O)[C@@]2(CCC[C@H]2CNS(=O)(=O)c2cc(Cl)cc(Cl)c2)N1. The highest BCUT2D eigenvalue weighted by Gasteiger charge is 2.54. The molecular formula is C14H15Cl2N3O4S. The van der Waals surface area contributed by atoms with Crippen LogP contribution < -0.4 is 15.4 Å². The Morgan fingerprint density at radius 3 is 2.46 bits per heavy atom. The molecule has 3 N–H and O–H groups in total. The number of benzene rings is 1. The van der Waals surface area contributed by atoms with Crippen molar-refractivity contribution >= 4 is 45.2 Å². The van der Waals surface area contributed by atoms with E-state index in [0.29, 0.717) is 12.8 Å². The Bertz CT molecular complexity index is 794. The van der Waals surface area contributed by atoms with Gasteiger partial charge in [0.25, 0.3) is 5.91 Å². The highest BCUT2D eigenvalue weighted by molar-refractivity contribution is 7.89. The minimum Gasteiger partial charge on any atom is -0.323 e. The maximum atomic E-state index is 12.4. The molecule has 1 aromatic rings. The summed E-state index contributed by atoms with van der Waals surface area (Å²) in [5.41, 5.74) is -1.04. The van der Waals surface area contributed by atoms with E-state index in [1.807, 2.05) is 0 Å². The van der Waals surface area contributed by atoms with E-state index in [4.69, 9.17) is 23.2 Å². The molecule has 1 saturated carbocycles. The average molecular weight is 392 g/mol. The third-order valence-electron chi connectivity index (χ3n) is 4.46. The van der Waals surface area contributed by atoms with Gasteiger partial charge in [-0.3, -0.25) is 10.1 Å². The number of nitrogens with one attached hydrogen (secondary N) is 3. The van der Waals surface area contributed by atoms with Crippen molar-refractivity contribution in [2.75, 3.05) is 6.54 Å². The Morgan fingerprint density at radius 2 is 1.88 bits per heavy atom. The molecule has 2 aliphatic rings. The van der Waals surface area contributed by atoms with E-state index in [-0.39, 0.29) is 27.4 Å². The van der Waals surface area contributed by atoms with Gasteiger partial charge in [-0.05, 0) is 31.0 Å². The first-order valence-corrected chi connectivity index (χ1v) is 9.56. The number of hydrogen-bond acceptors (Lipinski definition) is 4. The van der Waals surface area contributed by atoms with Crippen molar-refractivity contribution in [2.24, 2.45) is 5.92 Å². The van der Waals surface area contributed by atoms with E-state index in [0.717, 1.165) is 6.42 Å². The van der Waals surface area contributed by atoms with Gasteiger partial charge >= 0.3 is 6.03 Å². The van der Waals surface area contributed by atoms with Crippen LogP contribution in [0.5, 0.6) is 0 Å². The fourth-order valence-corrected chi connectivity index (χ4v) is 5.11. The second-order valence-corrected chi connectivity index (χ2v) is 8.57. The van der Waals surface area contributed by atoms with E-state index in [1.165, 1.54) is 18.2 Å². The lowest BCUT2D eigenvalue weighted by molar-refractivity contribution is -0.125. The molecule has 3 rings (SSSR count). The molecule has 0 unspecified atom stereocenters. The molecule has 2 fully saturated rings. The van der Waals surface area contributed by atoms with E-state index >= 15 is 0 Å². The van der Waals surface area contributed by atoms with Gasteiger partial charge in [0.1, 0.15) is 5.54 Å². The van der Waals surface area contributed by atoms with Crippen LogP contribution in [0.25, 0.3) is 0 Å². The summed E-state index contributed by atoms with van der Waals surface area (Å²) >= 11 is 11.7. The second kappa shape index (κ2) is 6.18. The standard InChI is InChI=1S/C14H15Cl2N3O4S/c15-9-4-10(16)6-11(5-9)24(22,23)17-7-8-2-1-3-14(8)12(20)18-13(21)19-14/h4-6,8,17H,1-3,7H2,(H2,18,19,20,21)/t8-,14-/m0/s1. The lowest BCUT2D eigenvalue weighted by atomic mass is 9.87. The zero-order valence-corrected chi connectivity index (χ0v) is 14.8. The second-order valence-electron chi connectivity index (χ2n) is 5.93. The molecule has 1 aliphatic carbocycles. The van der Waals surface area contributed by atoms with Crippen LogP contribution in [0.4, 0.5) is 4.79 Å². The molecule has 3 amide bonds. The lowest BCUT2D eigenvalue weighted by Gasteiger charge is -2.28. The third kappa shape index (κ3) is 3.11. The predicted molar refractivity (Wildman–Crippen MR) is 88.4 cm³/mol. The van der Waals surface area contributed by atoms with Crippen molar-refractivity contribution in [2.45, 2.75) is 29.7 Å². The van der Waals surface area contributed by atoms with Crippen molar-refractivity contribution in [3.05, 3.63) is 28.2 Å². The van der Waals surface area contributed by atoms with Gasteiger partial charge in [-0.1, -0.05) is 29.6 Å². The van der Waals surface area contributed by atoms with Gasteiger partial charge in [-0.25, -0.2) is 17.9 Å². The highest BCUT2D eigenvalue weighted by atomic mass is 35.5. The predicted octanol–water partition coefficient (Wildman–Crippen LogP) is 1.65. The van der Waals surface area contributed by atoms with Crippen molar-refractivity contribution < 1.29 is 18.0 Å². The van der Waals surface area contributed by atoms with Crippen molar-refractivity contribution in [1.29, 1.82) is 0 Å². The molecule has 1 aromatic carbocycles. The molecule has 24 heavy (non-hydrogen) atoms. The molecule has 10 heteroatoms. The Kier molecular flexibility index (Phi) is 4.50. The molecule has 0 bridgehead atoms. The molecule has 7 nitrogen and oxygen atoms in total. The summed E-state index contributed by atoms with van der Waals surface area (Å²) in [6, 6.07) is 3.48. The normalized spacial score (nSPS) is 26.7. The molecule has 130 valence electrons. The summed E-state index contributed by atoms with van der Waals surface area (Å²) in [6.07, 6.45) is 1.84. The van der Waals surface area contributed by atoms with Crippen molar-refractivity contribution in [3.63, 3.8) is 0 Å². The minimum absolute atomic E-state index is 0.0279. The number of amides is 3. The molecular weight excluding hydrogens is 377 g/mol. The van der Waals surface area contributed by atoms with E-state index in [9.17, 15) is 18.0 Å². The third-order valence-corrected chi connectivity index (χ3v) is 6.30. The van der Waals surface area contributed by atoms with Crippen LogP contribution in [-0.4, -0.2) is 32.4 Å². The van der Waals surface area contributed by atoms with Crippen LogP contribution in [0.15, 0.2) is 23.1 Å². The zero-order chi connectivity index (χ0) is 17.5. The van der Waals surface area contributed by atoms with Crippen molar-refractivity contribution in [3.8, 4) is 0 Å². The van der Waals surface area contributed by atoms with Gasteiger partial charge in [0.05, 0.1) is 4.90 Å². The Balaban J connectivity index is 1.77. The van der Waals surface area contributed by atoms with Gasteiger partial charge in [-0.15, -0.1) is 0 Å². The van der Waals surface area contributed by atoms with Crippen LogP contribution in [0.3, 0.4) is 0 Å². The first kappa shape index (κ1) is 17.5. The molecule has 1 heterocycles. The van der Waals surface area contributed by atoms with Gasteiger partial charge < -0.3 is 5.32 Å². The first-order chi connectivity index (χ1) is 11.2. The van der Waals surface area contributed by atoms with E-state index < -0.39 is 27.5 Å². The smallest absolute Gasteiger partial charge is 0.322 e. The fourth-order valence-electron chi connectivity index (χ4n) is 3.30. The van der Waals surface area contributed by atoms with Crippen LogP contribution >= 0.6 is 23.2 Å². The van der Waals surface area contributed by atoms with Gasteiger partial charge in [0.15, 0.2) is 0 Å². The van der Waals surface area contributed by atoms with Crippen LogP contribution in [0.1, 0.15) is 19.3 Å². The monoisotopic (exact) mass is 391 g/mol. The van der Waals surface area contributed by atoms with E-state index in [2.05, 4.69) is 15.4 Å². The van der Waals surface area contributed by atoms with E-state index in [1.54, 1.807) is 0 Å². The minimum atomic E-state index is -3.83. The average Bonchev–Trinajstić information content (AvgIpc) is 3.00. The quantitative estimate of drug-likeness (QED) is 0.678. The largest absolute Gasteiger partial charge is 0.323 e. The Labute approximate surface area is 149 Å². The Morgan fingerprint density at radius 1 is 1.21 bits per heavy atom. The van der Waals surface area contributed by atoms with Gasteiger partial charge in [0.2, 0.25) is 10.0 Å². The number of carbonyl (C=O) groups is 2. The number of imide groups is 1. The van der Waals surface area contributed by atoms with Gasteiger partial charge in [0, 0.05) is 22.5 Å². The van der Waals surface area contributed by atoms with Crippen molar-refractivity contribution in [1.82, 2.24) is 15.4 Å². The summed E-state index contributed by atoms with van der Waals surface area (Å²) in [7, 11) is -3.83. The number of rotatable bonds is 4. The number of halogens is 2.